The fraction of sp³-hybridized carbons (Fsp3) is 0.154. The summed E-state index contributed by atoms with van der Waals surface area (Å²) in [5.74, 6) is 0.676. The lowest BCUT2D eigenvalue weighted by Gasteiger charge is -2.06. The summed E-state index contributed by atoms with van der Waals surface area (Å²) >= 11 is 1.66. The van der Waals surface area contributed by atoms with Gasteiger partial charge in [-0.05, 0) is 30.5 Å². The summed E-state index contributed by atoms with van der Waals surface area (Å²) in [4.78, 5) is 13.1. The van der Waals surface area contributed by atoms with Crippen molar-refractivity contribution >= 4 is 27.5 Å². The van der Waals surface area contributed by atoms with E-state index in [9.17, 15) is 0 Å². The Morgan fingerprint density at radius 3 is 2.78 bits per heavy atom. The van der Waals surface area contributed by atoms with Gasteiger partial charge in [0.05, 0.1) is 15.9 Å². The summed E-state index contributed by atoms with van der Waals surface area (Å²) in [7, 11) is 0. The third-order valence-corrected chi connectivity index (χ3v) is 3.50. The Kier molecular flexibility index (Phi) is 2.90. The minimum atomic E-state index is 0.676. The first-order valence-electron chi connectivity index (χ1n) is 5.78. The monoisotopic (exact) mass is 256 g/mol. The Balaban J connectivity index is 2.23. The van der Waals surface area contributed by atoms with Gasteiger partial charge in [-0.25, -0.2) is 9.97 Å². The molecule has 0 unspecified atom stereocenters. The highest BCUT2D eigenvalue weighted by Crippen LogP contribution is 2.30. The molecule has 1 N–H and O–H groups in total. The highest BCUT2D eigenvalue weighted by molar-refractivity contribution is 7.17. The highest BCUT2D eigenvalue weighted by atomic mass is 32.1. The Morgan fingerprint density at radius 2 is 2.00 bits per heavy atom. The van der Waals surface area contributed by atoms with Gasteiger partial charge in [0.1, 0.15) is 0 Å². The van der Waals surface area contributed by atoms with Crippen molar-refractivity contribution in [2.24, 2.45) is 0 Å². The summed E-state index contributed by atoms with van der Waals surface area (Å²) in [6.07, 6.45) is 3.56. The average molecular weight is 256 g/mol. The fourth-order valence-corrected chi connectivity index (χ4v) is 2.65. The zero-order valence-electron chi connectivity index (χ0n) is 9.92. The number of pyridine rings is 1. The quantitative estimate of drug-likeness (QED) is 0.782. The second-order valence-electron chi connectivity index (χ2n) is 3.80. The van der Waals surface area contributed by atoms with Gasteiger partial charge in [0, 0.05) is 24.5 Å². The van der Waals surface area contributed by atoms with Gasteiger partial charge in [-0.1, -0.05) is 0 Å². The number of hydrogen-bond acceptors (Lipinski definition) is 5. The van der Waals surface area contributed by atoms with Crippen molar-refractivity contribution in [3.8, 4) is 11.3 Å². The number of anilines is 1. The molecule has 0 amide bonds. The molecule has 0 spiro atoms. The van der Waals surface area contributed by atoms with Gasteiger partial charge < -0.3 is 5.32 Å². The standard InChI is InChI=1S/C13H12N4S/c1-2-15-13-16-10-5-8-18-12(10)11(17-13)9-3-6-14-7-4-9/h3-8H,2H2,1H3,(H,15,16,17). The van der Waals surface area contributed by atoms with E-state index in [1.54, 1.807) is 23.7 Å². The molecule has 0 radical (unpaired) electrons. The Hall–Kier alpha value is -2.01. The molecule has 0 aliphatic rings. The van der Waals surface area contributed by atoms with E-state index in [0.29, 0.717) is 5.95 Å². The van der Waals surface area contributed by atoms with Gasteiger partial charge in [-0.3, -0.25) is 4.98 Å². The first kappa shape index (κ1) is 11.1. The van der Waals surface area contributed by atoms with Crippen LogP contribution < -0.4 is 5.32 Å². The van der Waals surface area contributed by atoms with Crippen LogP contribution in [0.3, 0.4) is 0 Å². The second-order valence-corrected chi connectivity index (χ2v) is 4.71. The molecule has 3 aromatic rings. The number of hydrogen-bond donors (Lipinski definition) is 1. The summed E-state index contributed by atoms with van der Waals surface area (Å²) < 4.78 is 1.11. The second kappa shape index (κ2) is 4.70. The number of aromatic nitrogens is 3. The summed E-state index contributed by atoms with van der Waals surface area (Å²) in [5, 5.41) is 5.21. The van der Waals surface area contributed by atoms with Gasteiger partial charge >= 0.3 is 0 Å². The van der Waals surface area contributed by atoms with Crippen LogP contribution in [-0.2, 0) is 0 Å². The van der Waals surface area contributed by atoms with E-state index in [2.05, 4.69) is 20.3 Å². The predicted molar refractivity (Wildman–Crippen MR) is 74.8 cm³/mol. The number of thiophene rings is 1. The first-order valence-corrected chi connectivity index (χ1v) is 6.66. The van der Waals surface area contributed by atoms with Gasteiger partial charge in [0.15, 0.2) is 0 Å². The van der Waals surface area contributed by atoms with Gasteiger partial charge in [0.25, 0.3) is 0 Å². The molecule has 18 heavy (non-hydrogen) atoms. The summed E-state index contributed by atoms with van der Waals surface area (Å²) in [6, 6.07) is 5.96. The number of fused-ring (bicyclic) bond motifs is 1. The van der Waals surface area contributed by atoms with Crippen molar-refractivity contribution in [1.29, 1.82) is 0 Å². The predicted octanol–water partition coefficient (Wildman–Crippen LogP) is 3.19. The average Bonchev–Trinajstić information content (AvgIpc) is 2.87. The SMILES string of the molecule is CCNc1nc(-c2ccncc2)c2sccc2n1. The molecule has 3 aromatic heterocycles. The zero-order valence-corrected chi connectivity index (χ0v) is 10.7. The zero-order chi connectivity index (χ0) is 12.4. The highest BCUT2D eigenvalue weighted by Gasteiger charge is 2.10. The molecule has 0 bridgehead atoms. The molecular weight excluding hydrogens is 244 g/mol. The van der Waals surface area contributed by atoms with Crippen molar-refractivity contribution in [3.05, 3.63) is 36.0 Å². The number of nitrogens with zero attached hydrogens (tertiary/aromatic N) is 3. The Bertz CT molecular complexity index is 663. The van der Waals surface area contributed by atoms with E-state index in [-0.39, 0.29) is 0 Å². The van der Waals surface area contributed by atoms with Crippen LogP contribution in [0.4, 0.5) is 5.95 Å². The molecule has 4 nitrogen and oxygen atoms in total. The molecule has 0 atom stereocenters. The van der Waals surface area contributed by atoms with Gasteiger partial charge in [-0.15, -0.1) is 11.3 Å². The van der Waals surface area contributed by atoms with E-state index in [0.717, 1.165) is 28.0 Å². The minimum Gasteiger partial charge on any atom is -0.354 e. The number of rotatable bonds is 3. The topological polar surface area (TPSA) is 50.7 Å². The maximum absolute atomic E-state index is 4.59. The normalized spacial score (nSPS) is 10.7. The molecule has 0 aliphatic carbocycles. The smallest absolute Gasteiger partial charge is 0.223 e. The number of nitrogens with one attached hydrogen (secondary N) is 1. The molecule has 0 saturated heterocycles. The van der Waals surface area contributed by atoms with E-state index in [1.807, 2.05) is 30.5 Å². The molecule has 0 aromatic carbocycles. The van der Waals surface area contributed by atoms with Crippen LogP contribution >= 0.6 is 11.3 Å². The van der Waals surface area contributed by atoms with E-state index in [1.165, 1.54) is 0 Å². The van der Waals surface area contributed by atoms with Crippen molar-refractivity contribution in [3.63, 3.8) is 0 Å². The summed E-state index contributed by atoms with van der Waals surface area (Å²) in [5.41, 5.74) is 3.02. The van der Waals surface area contributed by atoms with E-state index in [4.69, 9.17) is 0 Å². The largest absolute Gasteiger partial charge is 0.354 e. The van der Waals surface area contributed by atoms with E-state index < -0.39 is 0 Å². The van der Waals surface area contributed by atoms with Gasteiger partial charge in [0.2, 0.25) is 5.95 Å². The van der Waals surface area contributed by atoms with Crippen LogP contribution in [0.25, 0.3) is 21.5 Å². The molecule has 0 fully saturated rings. The first-order chi connectivity index (χ1) is 8.88. The Labute approximate surface area is 109 Å². The lowest BCUT2D eigenvalue weighted by atomic mass is 10.2. The third-order valence-electron chi connectivity index (χ3n) is 2.59. The molecule has 0 saturated carbocycles. The maximum Gasteiger partial charge on any atom is 0.223 e. The lowest BCUT2D eigenvalue weighted by Crippen LogP contribution is -2.02. The van der Waals surface area contributed by atoms with Crippen molar-refractivity contribution in [2.75, 3.05) is 11.9 Å². The van der Waals surface area contributed by atoms with Crippen molar-refractivity contribution < 1.29 is 0 Å². The third kappa shape index (κ3) is 1.93. The van der Waals surface area contributed by atoms with Crippen molar-refractivity contribution in [2.45, 2.75) is 6.92 Å². The minimum absolute atomic E-state index is 0.676. The van der Waals surface area contributed by atoms with Crippen LogP contribution in [0.5, 0.6) is 0 Å². The lowest BCUT2D eigenvalue weighted by molar-refractivity contribution is 1.11. The van der Waals surface area contributed by atoms with Crippen LogP contribution in [-0.4, -0.2) is 21.5 Å². The van der Waals surface area contributed by atoms with Crippen LogP contribution in [0.2, 0.25) is 0 Å². The molecule has 3 heterocycles. The Morgan fingerprint density at radius 1 is 1.17 bits per heavy atom. The maximum atomic E-state index is 4.59. The van der Waals surface area contributed by atoms with Crippen LogP contribution in [0, 0.1) is 0 Å². The molecule has 90 valence electrons. The van der Waals surface area contributed by atoms with Crippen molar-refractivity contribution in [1.82, 2.24) is 15.0 Å². The molecule has 3 rings (SSSR count). The summed E-state index contributed by atoms with van der Waals surface area (Å²) in [6.45, 7) is 2.85. The van der Waals surface area contributed by atoms with Gasteiger partial charge in [-0.2, -0.15) is 0 Å². The van der Waals surface area contributed by atoms with Crippen LogP contribution in [0.15, 0.2) is 36.0 Å². The molecular formula is C13H12N4S. The molecule has 0 aliphatic heterocycles. The van der Waals surface area contributed by atoms with Crippen LogP contribution in [0.1, 0.15) is 6.92 Å². The molecule has 5 heteroatoms. The fourth-order valence-electron chi connectivity index (χ4n) is 1.81. The van der Waals surface area contributed by atoms with E-state index >= 15 is 0 Å².